The van der Waals surface area contributed by atoms with Crippen molar-refractivity contribution in [2.24, 2.45) is 0 Å². The van der Waals surface area contributed by atoms with Crippen molar-refractivity contribution in [2.75, 3.05) is 22.2 Å². The standard InChI is InChI=1S/C24H44BN2P2.C2H4O2.Ru.2H/c1-21(2,3)28(22(4,5)6)17-26-19-15-13-14-16-20(19)27(25-26)18-29(23(7,8)9)24(10,11)12;1-2(3)4;;;/h13-16H,17-18H2,1-12H3;1H3,(H,3,4);;;. The molecular weight excluding hydrogens is 546 g/mol. The molecule has 1 radical (unpaired) electrons. The van der Waals surface area contributed by atoms with Gasteiger partial charge in [-0.25, -0.2) is 0 Å². The van der Waals surface area contributed by atoms with E-state index < -0.39 is 5.97 Å². The predicted molar refractivity (Wildman–Crippen MR) is 156 cm³/mol. The number of hydrogen-bond donors (Lipinski definition) is 1. The van der Waals surface area contributed by atoms with Crippen molar-refractivity contribution in [3.8, 4) is 0 Å². The van der Waals surface area contributed by atoms with Gasteiger partial charge >= 0.3 is 27.0 Å². The molecule has 0 spiro atoms. The molecule has 2 rings (SSSR count). The minimum absolute atomic E-state index is 0. The molecule has 0 fully saturated rings. The van der Waals surface area contributed by atoms with Gasteiger partial charge in [0.05, 0.1) is 0 Å². The summed E-state index contributed by atoms with van der Waals surface area (Å²) in [6, 6.07) is 8.99. The number of hydrogen-bond acceptors (Lipinski definition) is 3. The van der Waals surface area contributed by atoms with Crippen molar-refractivity contribution in [3.05, 3.63) is 24.3 Å². The summed E-state index contributed by atoms with van der Waals surface area (Å²) in [6.07, 6.45) is 2.25. The number of carboxylic acid groups (broad SMARTS) is 1. The molecule has 0 saturated carbocycles. The zero-order chi connectivity index (χ0) is 26.0. The van der Waals surface area contributed by atoms with Gasteiger partial charge in [-0.1, -0.05) is 111 Å². The number of nitrogens with zero attached hydrogens (tertiary/aromatic N) is 2. The monoisotopic (exact) mass is 597 g/mol. The molecule has 0 unspecified atom stereocenters. The molecule has 0 aliphatic carbocycles. The molecule has 0 aromatic heterocycles. The number of anilines is 2. The van der Waals surface area contributed by atoms with Gasteiger partial charge in [-0.3, -0.25) is 4.79 Å². The molecule has 1 aromatic carbocycles. The zero-order valence-corrected chi connectivity index (χ0v) is 27.6. The topological polar surface area (TPSA) is 43.8 Å². The molecule has 8 heteroatoms. The summed E-state index contributed by atoms with van der Waals surface area (Å²) >= 11 is 0. The normalized spacial score (nSPS) is 14.3. The van der Waals surface area contributed by atoms with E-state index in [1.54, 1.807) is 0 Å². The van der Waals surface area contributed by atoms with E-state index in [2.05, 4.69) is 125 Å². The molecule has 0 bridgehead atoms. The fourth-order valence-electron chi connectivity index (χ4n) is 4.63. The van der Waals surface area contributed by atoms with Crippen LogP contribution in [-0.4, -0.2) is 51.8 Å². The molecule has 0 atom stereocenters. The Balaban J connectivity index is 0.00000201. The van der Waals surface area contributed by atoms with Gasteiger partial charge in [0.1, 0.15) is 0 Å². The first kappa shape index (κ1) is 33.8. The Morgan fingerprint density at radius 1 is 0.735 bits per heavy atom. The third-order valence-electron chi connectivity index (χ3n) is 5.61. The van der Waals surface area contributed by atoms with Gasteiger partial charge in [0.25, 0.3) is 5.97 Å². The van der Waals surface area contributed by atoms with Crippen LogP contribution in [0.5, 0.6) is 0 Å². The van der Waals surface area contributed by atoms with Gasteiger partial charge in [-0.05, 0) is 32.8 Å². The molecule has 4 nitrogen and oxygen atoms in total. The SMILES string of the molecule is CC(=O)O.CC(C)(C)P(CN1[B]N(CP(C(C)(C)C)C(C)(C)C)c2ccccc21)C(C)(C)C.[RuH2]. The number of benzene rings is 1. The molecule has 0 amide bonds. The summed E-state index contributed by atoms with van der Waals surface area (Å²) in [5, 5.41) is 8.72. The second-order valence-electron chi connectivity index (χ2n) is 12.9. The van der Waals surface area contributed by atoms with E-state index in [9.17, 15) is 0 Å². The van der Waals surface area contributed by atoms with Gasteiger partial charge in [0.2, 0.25) is 0 Å². The Hall–Kier alpha value is -0.162. The number of aliphatic carboxylic acids is 1. The second kappa shape index (κ2) is 12.4. The summed E-state index contributed by atoms with van der Waals surface area (Å²) in [7, 11) is 2.04. The molecule has 1 aliphatic rings. The van der Waals surface area contributed by atoms with Crippen LogP contribution in [0.25, 0.3) is 0 Å². The average molecular weight is 597 g/mol. The van der Waals surface area contributed by atoms with Gasteiger partial charge in [-0.2, -0.15) is 0 Å². The number of para-hydroxylation sites is 2. The van der Waals surface area contributed by atoms with Crippen molar-refractivity contribution in [3.63, 3.8) is 0 Å². The number of rotatable bonds is 4. The van der Waals surface area contributed by atoms with Crippen LogP contribution < -0.4 is 9.62 Å². The van der Waals surface area contributed by atoms with Crippen molar-refractivity contribution in [1.82, 2.24) is 0 Å². The first-order valence-corrected chi connectivity index (χ1v) is 14.9. The molecule has 197 valence electrons. The zero-order valence-electron chi connectivity index (χ0n) is 23.9. The van der Waals surface area contributed by atoms with Crippen LogP contribution in [0.3, 0.4) is 0 Å². The van der Waals surface area contributed by atoms with E-state index in [1.165, 1.54) is 11.4 Å². The predicted octanol–water partition coefficient (Wildman–Crippen LogP) is 7.47. The van der Waals surface area contributed by atoms with Crippen LogP contribution in [0.15, 0.2) is 24.3 Å². The van der Waals surface area contributed by atoms with E-state index in [1.807, 2.05) is 0 Å². The van der Waals surface area contributed by atoms with Gasteiger partial charge in [0, 0.05) is 30.9 Å². The summed E-state index contributed by atoms with van der Waals surface area (Å²) in [4.78, 5) is 14.1. The molecule has 1 N–H and O–H groups in total. The molecular formula is C26H50BN2O2P2Ru. The second-order valence-corrected chi connectivity index (χ2v) is 20.5. The van der Waals surface area contributed by atoms with Crippen LogP contribution in [0.1, 0.15) is 90.0 Å². The summed E-state index contributed by atoms with van der Waals surface area (Å²) in [5.41, 5.74) is 2.76. The van der Waals surface area contributed by atoms with Gasteiger partial charge in [-0.15, -0.1) is 0 Å². The van der Waals surface area contributed by atoms with E-state index in [0.29, 0.717) is 20.6 Å². The molecule has 1 heterocycles. The van der Waals surface area contributed by atoms with Crippen molar-refractivity contribution in [1.29, 1.82) is 0 Å². The summed E-state index contributed by atoms with van der Waals surface area (Å²) in [6.45, 7) is 30.1. The van der Waals surface area contributed by atoms with E-state index in [-0.39, 0.29) is 35.3 Å². The van der Waals surface area contributed by atoms with Gasteiger partial charge < -0.3 is 14.7 Å². The Bertz CT molecular complexity index is 705. The van der Waals surface area contributed by atoms with Crippen LogP contribution in [0.4, 0.5) is 11.4 Å². The Morgan fingerprint density at radius 3 is 1.18 bits per heavy atom. The maximum absolute atomic E-state index is 9.00. The third kappa shape index (κ3) is 10.1. The molecule has 1 aliphatic heterocycles. The van der Waals surface area contributed by atoms with Crippen LogP contribution in [0, 0.1) is 0 Å². The van der Waals surface area contributed by atoms with Crippen LogP contribution >= 0.6 is 15.8 Å². The van der Waals surface area contributed by atoms with E-state index in [0.717, 1.165) is 19.5 Å². The van der Waals surface area contributed by atoms with Crippen LogP contribution in [-0.2, 0) is 24.3 Å². The number of carbonyl (C=O) groups is 1. The van der Waals surface area contributed by atoms with Gasteiger partial charge in [0.15, 0.2) is 0 Å². The quantitative estimate of drug-likeness (QED) is 0.289. The van der Waals surface area contributed by atoms with E-state index >= 15 is 0 Å². The van der Waals surface area contributed by atoms with Crippen molar-refractivity contribution in [2.45, 2.75) is 111 Å². The van der Waals surface area contributed by atoms with Crippen LogP contribution in [0.2, 0.25) is 0 Å². The Labute approximate surface area is 226 Å². The third-order valence-corrected chi connectivity index (χ3v) is 13.3. The first-order valence-electron chi connectivity index (χ1n) is 11.9. The summed E-state index contributed by atoms with van der Waals surface area (Å²) in [5.74, 6) is -0.833. The first-order chi connectivity index (χ1) is 14.7. The Kier molecular flexibility index (Phi) is 12.3. The number of fused-ring (bicyclic) bond motifs is 1. The van der Waals surface area contributed by atoms with Crippen molar-refractivity contribution < 1.29 is 29.4 Å². The maximum atomic E-state index is 9.00. The summed E-state index contributed by atoms with van der Waals surface area (Å²) < 4.78 is 0. The molecule has 1 aromatic rings. The Morgan fingerprint density at radius 2 is 0.971 bits per heavy atom. The number of carboxylic acids is 1. The van der Waals surface area contributed by atoms with Crippen molar-refractivity contribution >= 4 is 40.7 Å². The fourth-order valence-corrected chi connectivity index (χ4v) is 11.4. The molecule has 0 saturated heterocycles. The molecule has 34 heavy (non-hydrogen) atoms. The average Bonchev–Trinajstić information content (AvgIpc) is 2.91. The fraction of sp³-hybridized carbons (Fsp3) is 0.731. The minimum atomic E-state index is -0.833. The van der Waals surface area contributed by atoms with E-state index in [4.69, 9.17) is 9.90 Å².